The molecule has 0 spiro atoms. The van der Waals surface area contributed by atoms with Crippen LogP contribution in [-0.2, 0) is 0 Å². The molecule has 0 radical (unpaired) electrons. The molecule has 3 atom stereocenters. The number of halogens is 2. The Morgan fingerprint density at radius 3 is 2.72 bits per heavy atom. The zero-order valence-corrected chi connectivity index (χ0v) is 12.1. The molecule has 1 N–H and O–H groups in total. The molecular formula is C14H17BrFNO. The van der Waals surface area contributed by atoms with Crippen LogP contribution in [0.15, 0.2) is 22.7 Å². The Morgan fingerprint density at radius 2 is 2.11 bits per heavy atom. The normalized spacial score (nSPS) is 27.2. The average Bonchev–Trinajstić information content (AvgIpc) is 2.64. The topological polar surface area (TPSA) is 29.1 Å². The van der Waals surface area contributed by atoms with Crippen molar-refractivity contribution in [3.8, 4) is 0 Å². The lowest BCUT2D eigenvalue weighted by atomic mass is 9.97. The van der Waals surface area contributed by atoms with Crippen LogP contribution in [-0.4, -0.2) is 11.9 Å². The first-order valence-electron chi connectivity index (χ1n) is 6.25. The van der Waals surface area contributed by atoms with Crippen LogP contribution in [0.4, 0.5) is 4.39 Å². The van der Waals surface area contributed by atoms with Gasteiger partial charge in [0.2, 0.25) is 0 Å². The lowest BCUT2D eigenvalue weighted by Gasteiger charge is -2.19. The number of benzene rings is 1. The highest BCUT2D eigenvalue weighted by atomic mass is 79.9. The maximum Gasteiger partial charge on any atom is 0.254 e. The zero-order valence-electron chi connectivity index (χ0n) is 10.5. The van der Waals surface area contributed by atoms with Gasteiger partial charge in [0, 0.05) is 6.04 Å². The van der Waals surface area contributed by atoms with Crippen molar-refractivity contribution in [2.24, 2.45) is 11.8 Å². The number of carbonyl (C=O) groups is 1. The van der Waals surface area contributed by atoms with E-state index in [1.165, 1.54) is 6.07 Å². The maximum absolute atomic E-state index is 13.8. The molecule has 2 rings (SSSR count). The van der Waals surface area contributed by atoms with Gasteiger partial charge in [0.1, 0.15) is 5.82 Å². The van der Waals surface area contributed by atoms with E-state index in [9.17, 15) is 9.18 Å². The first-order chi connectivity index (χ1) is 8.50. The molecule has 2 nitrogen and oxygen atoms in total. The molecular weight excluding hydrogens is 297 g/mol. The predicted molar refractivity (Wildman–Crippen MR) is 72.9 cm³/mol. The smallest absolute Gasteiger partial charge is 0.254 e. The van der Waals surface area contributed by atoms with E-state index in [4.69, 9.17) is 0 Å². The Hall–Kier alpha value is -0.900. The first kappa shape index (κ1) is 13.5. The molecule has 4 heteroatoms. The van der Waals surface area contributed by atoms with Crippen molar-refractivity contribution < 1.29 is 9.18 Å². The Labute approximate surface area is 115 Å². The SMILES string of the molecule is CC1CCC(NC(=O)c2cccc(Br)c2F)C1C. The summed E-state index contributed by atoms with van der Waals surface area (Å²) in [6, 6.07) is 4.93. The van der Waals surface area contributed by atoms with Gasteiger partial charge in [-0.1, -0.05) is 19.9 Å². The Morgan fingerprint density at radius 1 is 1.39 bits per heavy atom. The minimum Gasteiger partial charge on any atom is -0.349 e. The van der Waals surface area contributed by atoms with Crippen LogP contribution < -0.4 is 5.32 Å². The molecule has 0 aromatic heterocycles. The van der Waals surface area contributed by atoms with Crippen molar-refractivity contribution >= 4 is 21.8 Å². The summed E-state index contributed by atoms with van der Waals surface area (Å²) >= 11 is 3.09. The van der Waals surface area contributed by atoms with E-state index < -0.39 is 5.82 Å². The molecule has 0 bridgehead atoms. The van der Waals surface area contributed by atoms with Crippen molar-refractivity contribution in [2.75, 3.05) is 0 Å². The quantitative estimate of drug-likeness (QED) is 0.885. The number of hydrogen-bond acceptors (Lipinski definition) is 1. The number of nitrogens with one attached hydrogen (secondary N) is 1. The van der Waals surface area contributed by atoms with E-state index in [1.54, 1.807) is 12.1 Å². The fourth-order valence-corrected chi connectivity index (χ4v) is 2.86. The van der Waals surface area contributed by atoms with Gasteiger partial charge in [0.05, 0.1) is 10.0 Å². The second kappa shape index (κ2) is 5.39. The Balaban J connectivity index is 2.11. The van der Waals surface area contributed by atoms with Gasteiger partial charge in [0.25, 0.3) is 5.91 Å². The maximum atomic E-state index is 13.8. The zero-order chi connectivity index (χ0) is 13.3. The molecule has 0 saturated heterocycles. The summed E-state index contributed by atoms with van der Waals surface area (Å²) in [5, 5.41) is 2.94. The Bertz CT molecular complexity index is 463. The summed E-state index contributed by atoms with van der Waals surface area (Å²) < 4.78 is 14.1. The lowest BCUT2D eigenvalue weighted by Crippen LogP contribution is -2.37. The van der Waals surface area contributed by atoms with Crippen LogP contribution in [0.1, 0.15) is 37.0 Å². The molecule has 3 unspecified atom stereocenters. The van der Waals surface area contributed by atoms with E-state index in [0.717, 1.165) is 12.8 Å². The van der Waals surface area contributed by atoms with Gasteiger partial charge >= 0.3 is 0 Å². The second-order valence-electron chi connectivity index (χ2n) is 5.10. The summed E-state index contributed by atoms with van der Waals surface area (Å²) in [4.78, 5) is 12.1. The molecule has 98 valence electrons. The first-order valence-corrected chi connectivity index (χ1v) is 7.05. The molecule has 0 heterocycles. The Kier molecular flexibility index (Phi) is 4.05. The van der Waals surface area contributed by atoms with Crippen LogP contribution >= 0.6 is 15.9 Å². The number of carbonyl (C=O) groups excluding carboxylic acids is 1. The summed E-state index contributed by atoms with van der Waals surface area (Å²) in [6.07, 6.45) is 2.09. The fourth-order valence-electron chi connectivity index (χ4n) is 2.49. The van der Waals surface area contributed by atoms with Crippen molar-refractivity contribution in [2.45, 2.75) is 32.7 Å². The van der Waals surface area contributed by atoms with Gasteiger partial charge in [-0.05, 0) is 52.7 Å². The van der Waals surface area contributed by atoms with Gasteiger partial charge in [-0.15, -0.1) is 0 Å². The molecule has 0 aliphatic heterocycles. The number of hydrogen-bond donors (Lipinski definition) is 1. The largest absolute Gasteiger partial charge is 0.349 e. The molecule has 1 aliphatic carbocycles. The summed E-state index contributed by atoms with van der Waals surface area (Å²) in [6.45, 7) is 4.33. The van der Waals surface area contributed by atoms with Crippen LogP contribution in [0, 0.1) is 17.7 Å². The number of rotatable bonds is 2. The third-order valence-corrected chi connectivity index (χ3v) is 4.59. The minimum absolute atomic E-state index is 0.108. The summed E-state index contributed by atoms with van der Waals surface area (Å²) in [5.74, 6) is 0.250. The highest BCUT2D eigenvalue weighted by Gasteiger charge is 2.31. The van der Waals surface area contributed by atoms with Gasteiger partial charge in [-0.2, -0.15) is 0 Å². The minimum atomic E-state index is -0.492. The van der Waals surface area contributed by atoms with Gasteiger partial charge in [-0.3, -0.25) is 4.79 Å². The lowest BCUT2D eigenvalue weighted by molar-refractivity contribution is 0.0923. The molecule has 1 amide bonds. The highest BCUT2D eigenvalue weighted by molar-refractivity contribution is 9.10. The third kappa shape index (κ3) is 2.58. The molecule has 1 saturated carbocycles. The molecule has 1 aromatic carbocycles. The molecule has 1 aliphatic rings. The van der Waals surface area contributed by atoms with Crippen molar-refractivity contribution in [3.63, 3.8) is 0 Å². The average molecular weight is 314 g/mol. The van der Waals surface area contributed by atoms with E-state index in [2.05, 4.69) is 35.1 Å². The van der Waals surface area contributed by atoms with Gasteiger partial charge < -0.3 is 5.32 Å². The molecule has 1 fully saturated rings. The van der Waals surface area contributed by atoms with E-state index in [0.29, 0.717) is 16.3 Å². The van der Waals surface area contributed by atoms with Crippen molar-refractivity contribution in [3.05, 3.63) is 34.1 Å². The van der Waals surface area contributed by atoms with Crippen molar-refractivity contribution in [1.29, 1.82) is 0 Å². The molecule has 1 aromatic rings. The van der Waals surface area contributed by atoms with Crippen LogP contribution in [0.3, 0.4) is 0 Å². The molecule has 18 heavy (non-hydrogen) atoms. The summed E-state index contributed by atoms with van der Waals surface area (Å²) in [7, 11) is 0. The van der Waals surface area contributed by atoms with E-state index in [1.807, 2.05) is 0 Å². The van der Waals surface area contributed by atoms with Crippen molar-refractivity contribution in [1.82, 2.24) is 5.32 Å². The van der Waals surface area contributed by atoms with Crippen LogP contribution in [0.25, 0.3) is 0 Å². The summed E-state index contributed by atoms with van der Waals surface area (Å²) in [5.41, 5.74) is 0.108. The number of amides is 1. The predicted octanol–water partition coefficient (Wildman–Crippen LogP) is 3.75. The standard InChI is InChI=1S/C14H17BrFNO/c1-8-6-7-12(9(8)2)17-14(18)10-4-3-5-11(15)13(10)16/h3-5,8-9,12H,6-7H2,1-2H3,(H,17,18). The van der Waals surface area contributed by atoms with E-state index >= 15 is 0 Å². The second-order valence-corrected chi connectivity index (χ2v) is 5.95. The monoisotopic (exact) mass is 313 g/mol. The van der Waals surface area contributed by atoms with E-state index in [-0.39, 0.29) is 17.5 Å². The fraction of sp³-hybridized carbons (Fsp3) is 0.500. The van der Waals surface area contributed by atoms with Crippen LogP contribution in [0.2, 0.25) is 0 Å². The van der Waals surface area contributed by atoms with Gasteiger partial charge in [-0.25, -0.2) is 4.39 Å². The third-order valence-electron chi connectivity index (χ3n) is 3.98. The van der Waals surface area contributed by atoms with Crippen LogP contribution in [0.5, 0.6) is 0 Å². The highest BCUT2D eigenvalue weighted by Crippen LogP contribution is 2.31. The van der Waals surface area contributed by atoms with Gasteiger partial charge in [0.15, 0.2) is 0 Å².